The predicted molar refractivity (Wildman–Crippen MR) is 84.4 cm³/mol. The Hall–Kier alpha value is -1.51. The van der Waals surface area contributed by atoms with Crippen LogP contribution in [0.5, 0.6) is 5.75 Å². The summed E-state index contributed by atoms with van der Waals surface area (Å²) in [5, 5.41) is 0.605. The van der Waals surface area contributed by atoms with Gasteiger partial charge >= 0.3 is 0 Å². The number of ether oxygens (including phenoxy) is 1. The molecule has 2 unspecified atom stereocenters. The van der Waals surface area contributed by atoms with Crippen molar-refractivity contribution >= 4 is 11.6 Å². The third kappa shape index (κ3) is 3.53. The highest BCUT2D eigenvalue weighted by Crippen LogP contribution is 2.31. The molecule has 0 heterocycles. The molecule has 2 aromatic carbocycles. The second-order valence-corrected chi connectivity index (χ2v) is 5.65. The van der Waals surface area contributed by atoms with Crippen molar-refractivity contribution in [3.05, 3.63) is 64.2 Å². The molecule has 106 valence electrons. The molecule has 20 heavy (non-hydrogen) atoms. The first-order valence-corrected chi connectivity index (χ1v) is 7.10. The van der Waals surface area contributed by atoms with Gasteiger partial charge in [0.25, 0.3) is 0 Å². The van der Waals surface area contributed by atoms with E-state index < -0.39 is 0 Å². The molecule has 0 amide bonds. The normalized spacial score (nSPS) is 13.8. The first-order valence-electron chi connectivity index (χ1n) is 6.72. The molecule has 0 bridgehead atoms. The summed E-state index contributed by atoms with van der Waals surface area (Å²) in [5.41, 5.74) is 9.45. The highest BCUT2D eigenvalue weighted by molar-refractivity contribution is 6.32. The van der Waals surface area contributed by atoms with Crippen molar-refractivity contribution in [2.75, 3.05) is 0 Å². The highest BCUT2D eigenvalue weighted by atomic mass is 35.5. The van der Waals surface area contributed by atoms with Gasteiger partial charge in [-0.2, -0.15) is 0 Å². The molecule has 2 nitrogen and oxygen atoms in total. The Labute approximate surface area is 125 Å². The molecule has 0 radical (unpaired) electrons. The molecule has 2 aromatic rings. The molecular formula is C17H20ClNO. The molecule has 2 atom stereocenters. The molecule has 0 aromatic heterocycles. The van der Waals surface area contributed by atoms with E-state index in [-0.39, 0.29) is 12.1 Å². The van der Waals surface area contributed by atoms with Gasteiger partial charge in [0.15, 0.2) is 0 Å². The van der Waals surface area contributed by atoms with E-state index >= 15 is 0 Å². The number of nitrogens with two attached hydrogens (primary N) is 1. The summed E-state index contributed by atoms with van der Waals surface area (Å²) in [6.07, 6.45) is -0.213. The summed E-state index contributed by atoms with van der Waals surface area (Å²) < 4.78 is 6.06. The zero-order valence-corrected chi connectivity index (χ0v) is 12.8. The maximum atomic E-state index is 6.19. The summed E-state index contributed by atoms with van der Waals surface area (Å²) in [6, 6.07) is 13.8. The van der Waals surface area contributed by atoms with Crippen molar-refractivity contribution in [3.8, 4) is 5.75 Å². The van der Waals surface area contributed by atoms with Gasteiger partial charge in [-0.25, -0.2) is 0 Å². The lowest BCUT2D eigenvalue weighted by molar-refractivity contribution is 0.180. The van der Waals surface area contributed by atoms with Crippen LogP contribution in [-0.4, -0.2) is 6.04 Å². The van der Waals surface area contributed by atoms with E-state index in [0.29, 0.717) is 10.8 Å². The van der Waals surface area contributed by atoms with E-state index in [9.17, 15) is 0 Å². The van der Waals surface area contributed by atoms with Crippen molar-refractivity contribution in [1.82, 2.24) is 0 Å². The molecule has 0 aliphatic heterocycles. The third-order valence-electron chi connectivity index (χ3n) is 3.22. The highest BCUT2D eigenvalue weighted by Gasteiger charge is 2.19. The SMILES string of the molecule is Cc1ccc(C(Oc2cc(C)ccc2Cl)C(C)N)cc1. The minimum Gasteiger partial charge on any atom is -0.483 e. The van der Waals surface area contributed by atoms with Crippen molar-refractivity contribution in [2.24, 2.45) is 5.73 Å². The van der Waals surface area contributed by atoms with Crippen LogP contribution in [0.1, 0.15) is 29.7 Å². The van der Waals surface area contributed by atoms with Crippen molar-refractivity contribution in [2.45, 2.75) is 32.9 Å². The van der Waals surface area contributed by atoms with Crippen LogP contribution in [0.2, 0.25) is 5.02 Å². The Bertz CT molecular complexity index is 578. The Morgan fingerprint density at radius 1 is 1.00 bits per heavy atom. The summed E-state index contributed by atoms with van der Waals surface area (Å²) in [5.74, 6) is 0.676. The summed E-state index contributed by atoms with van der Waals surface area (Å²) in [4.78, 5) is 0. The standard InChI is InChI=1S/C17H20ClNO/c1-11-4-7-14(8-5-11)17(13(3)19)20-16-10-12(2)6-9-15(16)18/h4-10,13,17H,19H2,1-3H3. The number of hydrogen-bond acceptors (Lipinski definition) is 2. The van der Waals surface area contributed by atoms with Crippen molar-refractivity contribution < 1.29 is 4.74 Å². The predicted octanol–water partition coefficient (Wildman–Crippen LogP) is 4.42. The minimum atomic E-state index is -0.213. The van der Waals surface area contributed by atoms with Gasteiger partial charge in [-0.05, 0) is 44.0 Å². The fraction of sp³-hybridized carbons (Fsp3) is 0.294. The van der Waals surface area contributed by atoms with E-state index in [1.807, 2.05) is 44.2 Å². The number of aryl methyl sites for hydroxylation is 2. The maximum absolute atomic E-state index is 6.19. The van der Waals surface area contributed by atoms with Crippen LogP contribution < -0.4 is 10.5 Å². The van der Waals surface area contributed by atoms with E-state index in [4.69, 9.17) is 22.1 Å². The molecule has 0 aliphatic carbocycles. The van der Waals surface area contributed by atoms with Gasteiger partial charge in [0, 0.05) is 6.04 Å². The molecule has 2 N–H and O–H groups in total. The number of rotatable bonds is 4. The van der Waals surface area contributed by atoms with Gasteiger partial charge in [0.2, 0.25) is 0 Å². The summed E-state index contributed by atoms with van der Waals surface area (Å²) >= 11 is 6.19. The molecule has 0 saturated heterocycles. The van der Waals surface area contributed by atoms with E-state index in [1.54, 1.807) is 0 Å². The second kappa shape index (κ2) is 6.29. The minimum absolute atomic E-state index is 0.130. The summed E-state index contributed by atoms with van der Waals surface area (Å²) in [7, 11) is 0. The first-order chi connectivity index (χ1) is 9.47. The second-order valence-electron chi connectivity index (χ2n) is 5.24. The zero-order chi connectivity index (χ0) is 14.7. The average Bonchev–Trinajstić information content (AvgIpc) is 2.40. The van der Waals surface area contributed by atoms with Crippen LogP contribution in [0.15, 0.2) is 42.5 Å². The van der Waals surface area contributed by atoms with Gasteiger partial charge < -0.3 is 10.5 Å². The molecule has 3 heteroatoms. The lowest BCUT2D eigenvalue weighted by Gasteiger charge is -2.24. The van der Waals surface area contributed by atoms with E-state index in [1.165, 1.54) is 5.56 Å². The largest absolute Gasteiger partial charge is 0.483 e. The average molecular weight is 290 g/mol. The van der Waals surface area contributed by atoms with Gasteiger partial charge in [-0.15, -0.1) is 0 Å². The monoisotopic (exact) mass is 289 g/mol. The van der Waals surface area contributed by atoms with Gasteiger partial charge in [-0.3, -0.25) is 0 Å². The molecule has 0 aliphatic rings. The fourth-order valence-corrected chi connectivity index (χ4v) is 2.23. The molecule has 0 spiro atoms. The Kier molecular flexibility index (Phi) is 4.69. The van der Waals surface area contributed by atoms with Gasteiger partial charge in [-0.1, -0.05) is 47.5 Å². The molecule has 0 fully saturated rings. The van der Waals surface area contributed by atoms with Gasteiger partial charge in [0.05, 0.1) is 5.02 Å². The smallest absolute Gasteiger partial charge is 0.139 e. The number of benzene rings is 2. The van der Waals surface area contributed by atoms with Crippen molar-refractivity contribution in [3.63, 3.8) is 0 Å². The molecular weight excluding hydrogens is 270 g/mol. The van der Waals surface area contributed by atoms with Crippen LogP contribution in [0.4, 0.5) is 0 Å². The van der Waals surface area contributed by atoms with Crippen LogP contribution in [0, 0.1) is 13.8 Å². The van der Waals surface area contributed by atoms with Crippen LogP contribution in [0.25, 0.3) is 0 Å². The third-order valence-corrected chi connectivity index (χ3v) is 3.54. The van der Waals surface area contributed by atoms with E-state index in [0.717, 1.165) is 11.1 Å². The van der Waals surface area contributed by atoms with Crippen LogP contribution in [-0.2, 0) is 0 Å². The first kappa shape index (κ1) is 14.9. The molecule has 2 rings (SSSR count). The Balaban J connectivity index is 2.30. The Morgan fingerprint density at radius 3 is 2.20 bits per heavy atom. The van der Waals surface area contributed by atoms with Gasteiger partial charge in [0.1, 0.15) is 11.9 Å². The topological polar surface area (TPSA) is 35.2 Å². The quantitative estimate of drug-likeness (QED) is 0.904. The summed E-state index contributed by atoms with van der Waals surface area (Å²) in [6.45, 7) is 6.01. The van der Waals surface area contributed by atoms with Crippen molar-refractivity contribution in [1.29, 1.82) is 0 Å². The van der Waals surface area contributed by atoms with E-state index in [2.05, 4.69) is 19.1 Å². The number of hydrogen-bond donors (Lipinski definition) is 1. The fourth-order valence-electron chi connectivity index (χ4n) is 2.07. The van der Waals surface area contributed by atoms with Crippen LogP contribution in [0.3, 0.4) is 0 Å². The van der Waals surface area contributed by atoms with Crippen LogP contribution >= 0.6 is 11.6 Å². The molecule has 0 saturated carbocycles. The number of halogens is 1. The zero-order valence-electron chi connectivity index (χ0n) is 12.1. The lowest BCUT2D eigenvalue weighted by Crippen LogP contribution is -2.29. The lowest BCUT2D eigenvalue weighted by atomic mass is 10.0. The maximum Gasteiger partial charge on any atom is 0.139 e. The Morgan fingerprint density at radius 2 is 1.60 bits per heavy atom.